The zero-order chi connectivity index (χ0) is 8.27. The lowest BCUT2D eigenvalue weighted by atomic mass is 10.1. The van der Waals surface area contributed by atoms with Crippen molar-refractivity contribution in [3.63, 3.8) is 0 Å². The molecule has 0 spiro atoms. The molecule has 0 heterocycles. The summed E-state index contributed by atoms with van der Waals surface area (Å²) in [5.74, 6) is 0. The van der Waals surface area contributed by atoms with E-state index in [0.717, 1.165) is 0 Å². The Morgan fingerprint density at radius 3 is 2.18 bits per heavy atom. The zero-order valence-electron chi connectivity index (χ0n) is 7.39. The van der Waals surface area contributed by atoms with Crippen LogP contribution in [-0.4, -0.2) is 0 Å². The molecule has 0 fully saturated rings. The average molecular weight is 146 g/mol. The van der Waals surface area contributed by atoms with Gasteiger partial charge in [0.15, 0.2) is 0 Å². The number of hydrogen-bond donors (Lipinski definition) is 0. The lowest BCUT2D eigenvalue weighted by Crippen LogP contribution is -1.78. The van der Waals surface area contributed by atoms with Crippen molar-refractivity contribution in [3.8, 4) is 0 Å². The van der Waals surface area contributed by atoms with Crippen molar-refractivity contribution in [1.29, 1.82) is 0 Å². The summed E-state index contributed by atoms with van der Waals surface area (Å²) in [5.41, 5.74) is 3.94. The van der Waals surface area contributed by atoms with E-state index in [4.69, 9.17) is 0 Å². The molecule has 0 bridgehead atoms. The highest BCUT2D eigenvalue weighted by molar-refractivity contribution is 5.37. The molecule has 0 N–H and O–H groups in total. The molecule has 0 radical (unpaired) electrons. The Morgan fingerprint density at radius 2 is 1.45 bits per heavy atom. The highest BCUT2D eigenvalue weighted by atomic mass is 14.0. The van der Waals surface area contributed by atoms with Crippen LogP contribution >= 0.6 is 0 Å². The van der Waals surface area contributed by atoms with Crippen molar-refractivity contribution in [2.45, 2.75) is 20.8 Å². The van der Waals surface area contributed by atoms with E-state index in [1.54, 1.807) is 0 Å². The van der Waals surface area contributed by atoms with Crippen molar-refractivity contribution in [1.82, 2.24) is 0 Å². The molecule has 0 saturated carbocycles. The topological polar surface area (TPSA) is 0 Å². The van der Waals surface area contributed by atoms with E-state index in [1.165, 1.54) is 16.7 Å². The number of hydrogen-bond acceptors (Lipinski definition) is 0. The van der Waals surface area contributed by atoms with E-state index in [-0.39, 0.29) is 0 Å². The van der Waals surface area contributed by atoms with Crippen LogP contribution in [0.15, 0.2) is 47.1 Å². The fourth-order valence-corrected chi connectivity index (χ4v) is 1.21. The average Bonchev–Trinajstić information content (AvgIpc) is 1.83. The molecule has 1 rings (SSSR count). The third kappa shape index (κ3) is 2.58. The van der Waals surface area contributed by atoms with Gasteiger partial charge in [-0.25, -0.2) is 0 Å². The summed E-state index contributed by atoms with van der Waals surface area (Å²) in [4.78, 5) is 0. The summed E-state index contributed by atoms with van der Waals surface area (Å²) in [6, 6.07) is 0. The highest BCUT2D eigenvalue weighted by Crippen LogP contribution is 2.10. The van der Waals surface area contributed by atoms with E-state index in [9.17, 15) is 0 Å². The first-order chi connectivity index (χ1) is 5.18. The summed E-state index contributed by atoms with van der Waals surface area (Å²) < 4.78 is 0. The Hall–Kier alpha value is -1.04. The van der Waals surface area contributed by atoms with Gasteiger partial charge >= 0.3 is 0 Å². The Kier molecular flexibility index (Phi) is 2.48. The largest absolute Gasteiger partial charge is 0.0617 e. The molecule has 1 aliphatic carbocycles. The number of rotatable bonds is 0. The Labute approximate surface area is 68.6 Å². The van der Waals surface area contributed by atoms with Crippen molar-refractivity contribution in [3.05, 3.63) is 47.1 Å². The van der Waals surface area contributed by atoms with E-state index < -0.39 is 0 Å². The monoisotopic (exact) mass is 146 g/mol. The first-order valence-electron chi connectivity index (χ1n) is 3.90. The maximum Gasteiger partial charge on any atom is -0.0398 e. The van der Waals surface area contributed by atoms with Gasteiger partial charge in [0.2, 0.25) is 0 Å². The summed E-state index contributed by atoms with van der Waals surface area (Å²) in [6.07, 6.45) is 10.7. The van der Waals surface area contributed by atoms with E-state index in [0.29, 0.717) is 0 Å². The normalized spacial score (nSPS) is 17.9. The van der Waals surface area contributed by atoms with Crippen LogP contribution in [0.4, 0.5) is 0 Å². The molecule has 0 aromatic rings. The SMILES string of the molecule is CC1=CC=CC(C)=CC(C)=C1. The summed E-state index contributed by atoms with van der Waals surface area (Å²) in [7, 11) is 0. The molecule has 0 aromatic heterocycles. The van der Waals surface area contributed by atoms with Gasteiger partial charge in [-0.05, 0) is 20.8 Å². The molecule has 0 aliphatic heterocycles. The van der Waals surface area contributed by atoms with Crippen molar-refractivity contribution in [2.75, 3.05) is 0 Å². The third-order valence-corrected chi connectivity index (χ3v) is 1.63. The van der Waals surface area contributed by atoms with E-state index in [1.807, 2.05) is 0 Å². The molecule has 0 nitrogen and oxygen atoms in total. The minimum atomic E-state index is 1.31. The van der Waals surface area contributed by atoms with Gasteiger partial charge in [-0.3, -0.25) is 0 Å². The second-order valence-electron chi connectivity index (χ2n) is 3.05. The van der Waals surface area contributed by atoms with Crippen LogP contribution in [0.5, 0.6) is 0 Å². The molecule has 58 valence electrons. The standard InChI is InChI=1S/C11H14/c1-9-5-4-6-10(2)8-11(3)7-9/h4-8H,1-3H3. The smallest absolute Gasteiger partial charge is 0.0398 e. The summed E-state index contributed by atoms with van der Waals surface area (Å²) >= 11 is 0. The van der Waals surface area contributed by atoms with Crippen molar-refractivity contribution < 1.29 is 0 Å². The summed E-state index contributed by atoms with van der Waals surface area (Å²) in [5, 5.41) is 0. The van der Waals surface area contributed by atoms with Crippen molar-refractivity contribution in [2.24, 2.45) is 0 Å². The van der Waals surface area contributed by atoms with Gasteiger partial charge in [0, 0.05) is 0 Å². The minimum absolute atomic E-state index is 1.31. The second kappa shape index (κ2) is 3.38. The molecule has 11 heavy (non-hydrogen) atoms. The molecule has 0 atom stereocenters. The predicted octanol–water partition coefficient (Wildman–Crippen LogP) is 3.40. The van der Waals surface area contributed by atoms with Crippen LogP contribution in [0.1, 0.15) is 20.8 Å². The number of allylic oxidation sites excluding steroid dienone is 8. The van der Waals surface area contributed by atoms with Gasteiger partial charge in [-0.2, -0.15) is 0 Å². The van der Waals surface area contributed by atoms with Crippen LogP contribution in [0.2, 0.25) is 0 Å². The van der Waals surface area contributed by atoms with Crippen LogP contribution < -0.4 is 0 Å². The first-order valence-corrected chi connectivity index (χ1v) is 3.90. The van der Waals surface area contributed by atoms with Crippen LogP contribution in [0.25, 0.3) is 0 Å². The molecule has 1 aliphatic rings. The predicted molar refractivity (Wildman–Crippen MR) is 50.4 cm³/mol. The van der Waals surface area contributed by atoms with Gasteiger partial charge in [0.25, 0.3) is 0 Å². The van der Waals surface area contributed by atoms with Gasteiger partial charge in [0.1, 0.15) is 0 Å². The molecular formula is C11H14. The molecule has 0 saturated heterocycles. The Balaban J connectivity index is 2.98. The van der Waals surface area contributed by atoms with Crippen molar-refractivity contribution >= 4 is 0 Å². The fourth-order valence-electron chi connectivity index (χ4n) is 1.21. The Morgan fingerprint density at radius 1 is 0.818 bits per heavy atom. The molecular weight excluding hydrogens is 132 g/mol. The van der Waals surface area contributed by atoms with Gasteiger partial charge < -0.3 is 0 Å². The minimum Gasteiger partial charge on any atom is -0.0617 e. The van der Waals surface area contributed by atoms with Gasteiger partial charge in [-0.15, -0.1) is 0 Å². The maximum atomic E-state index is 2.19. The maximum absolute atomic E-state index is 2.19. The lowest BCUT2D eigenvalue weighted by Gasteiger charge is -1.99. The summed E-state index contributed by atoms with van der Waals surface area (Å²) in [6.45, 7) is 6.35. The second-order valence-corrected chi connectivity index (χ2v) is 3.05. The molecule has 0 amide bonds. The molecule has 0 heteroatoms. The molecule has 0 aromatic carbocycles. The quantitative estimate of drug-likeness (QED) is 0.491. The molecule has 0 unspecified atom stereocenters. The third-order valence-electron chi connectivity index (χ3n) is 1.63. The van der Waals surface area contributed by atoms with Gasteiger partial charge in [-0.1, -0.05) is 47.1 Å². The Bertz CT molecular complexity index is 260. The first kappa shape index (κ1) is 8.06. The van der Waals surface area contributed by atoms with Gasteiger partial charge in [0.05, 0.1) is 0 Å². The highest BCUT2D eigenvalue weighted by Gasteiger charge is 1.89. The zero-order valence-corrected chi connectivity index (χ0v) is 7.39. The van der Waals surface area contributed by atoms with E-state index >= 15 is 0 Å². The lowest BCUT2D eigenvalue weighted by molar-refractivity contribution is 1.38. The fraction of sp³-hybridized carbons (Fsp3) is 0.273. The van der Waals surface area contributed by atoms with E-state index in [2.05, 4.69) is 51.2 Å². The van der Waals surface area contributed by atoms with Crippen LogP contribution in [-0.2, 0) is 0 Å². The van der Waals surface area contributed by atoms with Crippen LogP contribution in [0, 0.1) is 0 Å². The van der Waals surface area contributed by atoms with Crippen LogP contribution in [0.3, 0.4) is 0 Å².